The van der Waals surface area contributed by atoms with Crippen LogP contribution in [0.25, 0.3) is 5.69 Å². The molecule has 0 fully saturated rings. The third-order valence-corrected chi connectivity index (χ3v) is 2.81. The molecule has 0 aliphatic rings. The van der Waals surface area contributed by atoms with Gasteiger partial charge in [-0.2, -0.15) is 18.3 Å². The number of aryl methyl sites for hydroxylation is 1. The molecule has 0 radical (unpaired) electrons. The fraction of sp³-hybridized carbons (Fsp3) is 0.286. The quantitative estimate of drug-likeness (QED) is 0.816. The molecule has 0 saturated carbocycles. The van der Waals surface area contributed by atoms with Gasteiger partial charge in [0, 0.05) is 0 Å². The van der Waals surface area contributed by atoms with Gasteiger partial charge >= 0.3 is 12.1 Å². The summed E-state index contributed by atoms with van der Waals surface area (Å²) < 4.78 is 45.4. The van der Waals surface area contributed by atoms with Gasteiger partial charge in [-0.3, -0.25) is 0 Å². The van der Waals surface area contributed by atoms with E-state index in [1.54, 1.807) is 18.2 Å². The Bertz CT molecular complexity index is 648. The van der Waals surface area contributed by atoms with Crippen molar-refractivity contribution in [2.24, 2.45) is 0 Å². The smallest absolute Gasteiger partial charge is 0.434 e. The minimum Gasteiger partial charge on any atom is -0.462 e. The first kappa shape index (κ1) is 15.1. The van der Waals surface area contributed by atoms with Gasteiger partial charge in [-0.1, -0.05) is 18.2 Å². The number of carbonyl (C=O) groups excluding carboxylic acids is 1. The summed E-state index contributed by atoms with van der Waals surface area (Å²) in [6, 6.07) is 7.83. The standard InChI is InChI=1S/C14H13F3N2O2/c1-3-21-13(20)11-9(2)18-19(12(11)14(15,16)17)10-7-5-4-6-8-10/h4-8H,3H2,1-2H3. The summed E-state index contributed by atoms with van der Waals surface area (Å²) in [6.07, 6.45) is -4.72. The first-order valence-corrected chi connectivity index (χ1v) is 6.25. The Labute approximate surface area is 119 Å². The average molecular weight is 298 g/mol. The molecule has 1 aromatic carbocycles. The van der Waals surface area contributed by atoms with Gasteiger partial charge in [0.2, 0.25) is 0 Å². The zero-order chi connectivity index (χ0) is 15.6. The van der Waals surface area contributed by atoms with E-state index >= 15 is 0 Å². The number of benzene rings is 1. The third kappa shape index (κ3) is 2.91. The van der Waals surface area contributed by atoms with Crippen molar-refractivity contribution >= 4 is 5.97 Å². The number of alkyl halides is 3. The Balaban J connectivity index is 2.68. The van der Waals surface area contributed by atoms with Crippen molar-refractivity contribution in [2.45, 2.75) is 20.0 Å². The van der Waals surface area contributed by atoms with E-state index < -0.39 is 23.4 Å². The second kappa shape index (κ2) is 5.59. The molecule has 0 N–H and O–H groups in total. The van der Waals surface area contributed by atoms with Crippen molar-refractivity contribution in [3.05, 3.63) is 47.3 Å². The van der Waals surface area contributed by atoms with Crippen LogP contribution < -0.4 is 0 Å². The fourth-order valence-corrected chi connectivity index (χ4v) is 1.99. The highest BCUT2D eigenvalue weighted by molar-refractivity contribution is 5.92. The van der Waals surface area contributed by atoms with Gasteiger partial charge in [-0.15, -0.1) is 0 Å². The second-order valence-electron chi connectivity index (χ2n) is 4.27. The predicted molar refractivity (Wildman–Crippen MR) is 69.3 cm³/mol. The van der Waals surface area contributed by atoms with E-state index in [4.69, 9.17) is 4.74 Å². The Kier molecular flexibility index (Phi) is 4.02. The lowest BCUT2D eigenvalue weighted by molar-refractivity contribution is -0.143. The molecule has 0 saturated heterocycles. The number of halogens is 3. The largest absolute Gasteiger partial charge is 0.462 e. The molecule has 112 valence electrons. The monoisotopic (exact) mass is 298 g/mol. The van der Waals surface area contributed by atoms with E-state index in [0.29, 0.717) is 0 Å². The van der Waals surface area contributed by atoms with Crippen molar-refractivity contribution in [3.8, 4) is 5.69 Å². The Morgan fingerprint density at radius 3 is 2.43 bits per heavy atom. The fourth-order valence-electron chi connectivity index (χ4n) is 1.99. The van der Waals surface area contributed by atoms with E-state index in [9.17, 15) is 18.0 Å². The average Bonchev–Trinajstić information content (AvgIpc) is 2.78. The number of hydrogen-bond acceptors (Lipinski definition) is 3. The molecule has 1 heterocycles. The van der Waals surface area contributed by atoms with E-state index in [0.717, 1.165) is 4.68 Å². The van der Waals surface area contributed by atoms with Crippen LogP contribution in [0.4, 0.5) is 13.2 Å². The zero-order valence-corrected chi connectivity index (χ0v) is 11.4. The Morgan fingerprint density at radius 2 is 1.90 bits per heavy atom. The van der Waals surface area contributed by atoms with Gasteiger partial charge < -0.3 is 4.74 Å². The molecular formula is C14H13F3N2O2. The predicted octanol–water partition coefficient (Wildman–Crippen LogP) is 3.38. The van der Waals surface area contributed by atoms with Gasteiger partial charge in [-0.25, -0.2) is 9.48 Å². The molecule has 4 nitrogen and oxygen atoms in total. The molecule has 0 bridgehead atoms. The second-order valence-corrected chi connectivity index (χ2v) is 4.27. The molecule has 21 heavy (non-hydrogen) atoms. The van der Waals surface area contributed by atoms with Gasteiger partial charge in [-0.05, 0) is 26.0 Å². The molecule has 1 aromatic heterocycles. The summed E-state index contributed by atoms with van der Waals surface area (Å²) in [5.74, 6) is -1.02. The van der Waals surface area contributed by atoms with Crippen LogP contribution >= 0.6 is 0 Å². The van der Waals surface area contributed by atoms with Crippen molar-refractivity contribution in [1.29, 1.82) is 0 Å². The van der Waals surface area contributed by atoms with Crippen molar-refractivity contribution < 1.29 is 22.7 Å². The summed E-state index contributed by atoms with van der Waals surface area (Å²) in [5.41, 5.74) is -1.47. The van der Waals surface area contributed by atoms with Gasteiger partial charge in [0.1, 0.15) is 5.56 Å². The molecule has 0 spiro atoms. The van der Waals surface area contributed by atoms with Crippen LogP contribution in [-0.4, -0.2) is 22.4 Å². The molecule has 0 aliphatic heterocycles. The molecule has 2 rings (SSSR count). The van der Waals surface area contributed by atoms with E-state index in [2.05, 4.69) is 5.10 Å². The first-order chi connectivity index (χ1) is 9.86. The third-order valence-electron chi connectivity index (χ3n) is 2.81. The van der Waals surface area contributed by atoms with Crippen molar-refractivity contribution in [3.63, 3.8) is 0 Å². The highest BCUT2D eigenvalue weighted by Gasteiger charge is 2.42. The number of carbonyl (C=O) groups is 1. The molecule has 0 unspecified atom stereocenters. The van der Waals surface area contributed by atoms with Crippen LogP contribution in [0.3, 0.4) is 0 Å². The number of esters is 1. The van der Waals surface area contributed by atoms with Gasteiger partial charge in [0.25, 0.3) is 0 Å². The van der Waals surface area contributed by atoms with E-state index in [-0.39, 0.29) is 18.0 Å². The lowest BCUT2D eigenvalue weighted by Crippen LogP contribution is -2.18. The maximum atomic E-state index is 13.3. The topological polar surface area (TPSA) is 44.1 Å². The number of ether oxygens (including phenoxy) is 1. The summed E-state index contributed by atoms with van der Waals surface area (Å²) in [5, 5.41) is 3.85. The number of rotatable bonds is 3. The summed E-state index contributed by atoms with van der Waals surface area (Å²) >= 11 is 0. The van der Waals surface area contributed by atoms with Crippen LogP contribution in [-0.2, 0) is 10.9 Å². The van der Waals surface area contributed by atoms with E-state index in [1.807, 2.05) is 0 Å². The molecule has 0 amide bonds. The number of nitrogens with zero attached hydrogens (tertiary/aromatic N) is 2. The molecule has 2 aromatic rings. The maximum absolute atomic E-state index is 13.3. The minimum atomic E-state index is -4.72. The number of para-hydroxylation sites is 1. The molecule has 0 aliphatic carbocycles. The highest BCUT2D eigenvalue weighted by atomic mass is 19.4. The number of hydrogen-bond donors (Lipinski definition) is 0. The summed E-state index contributed by atoms with van der Waals surface area (Å²) in [7, 11) is 0. The molecule has 7 heteroatoms. The lowest BCUT2D eigenvalue weighted by Gasteiger charge is -2.12. The van der Waals surface area contributed by atoms with E-state index in [1.165, 1.54) is 26.0 Å². The van der Waals surface area contributed by atoms with Crippen LogP contribution in [0, 0.1) is 6.92 Å². The van der Waals surface area contributed by atoms with Gasteiger partial charge in [0.05, 0.1) is 18.0 Å². The molecular weight excluding hydrogens is 285 g/mol. The van der Waals surface area contributed by atoms with Crippen molar-refractivity contribution in [2.75, 3.05) is 6.61 Å². The van der Waals surface area contributed by atoms with Gasteiger partial charge in [0.15, 0.2) is 5.69 Å². The number of aromatic nitrogens is 2. The molecule has 0 atom stereocenters. The normalized spacial score (nSPS) is 11.5. The first-order valence-electron chi connectivity index (χ1n) is 6.25. The van der Waals surface area contributed by atoms with Crippen LogP contribution in [0.5, 0.6) is 0 Å². The minimum absolute atomic E-state index is 0.00785. The lowest BCUT2D eigenvalue weighted by atomic mass is 10.1. The van der Waals surface area contributed by atoms with Crippen LogP contribution in [0.2, 0.25) is 0 Å². The zero-order valence-electron chi connectivity index (χ0n) is 11.4. The summed E-state index contributed by atoms with van der Waals surface area (Å²) in [4.78, 5) is 11.8. The summed E-state index contributed by atoms with van der Waals surface area (Å²) in [6.45, 7) is 2.87. The van der Waals surface area contributed by atoms with Crippen LogP contribution in [0.1, 0.15) is 28.7 Å². The Hall–Kier alpha value is -2.31. The van der Waals surface area contributed by atoms with Crippen molar-refractivity contribution in [1.82, 2.24) is 9.78 Å². The SMILES string of the molecule is CCOC(=O)c1c(C)nn(-c2ccccc2)c1C(F)(F)F. The van der Waals surface area contributed by atoms with Crippen LogP contribution in [0.15, 0.2) is 30.3 Å². The maximum Gasteiger partial charge on any atom is 0.434 e. The Morgan fingerprint density at radius 1 is 1.29 bits per heavy atom. The highest BCUT2D eigenvalue weighted by Crippen LogP contribution is 2.35.